The Hall–Kier alpha value is -3.96. The zero-order valence-electron chi connectivity index (χ0n) is 30.2. The van der Waals surface area contributed by atoms with Crippen molar-refractivity contribution in [2.24, 2.45) is 0 Å². The number of aromatic amines is 1. The number of carbonyl (C=O) groups is 2. The molecule has 1 aromatic heterocycles. The van der Waals surface area contributed by atoms with E-state index >= 15 is 0 Å². The quantitative estimate of drug-likeness (QED) is 0.240. The van der Waals surface area contributed by atoms with Gasteiger partial charge in [-0.25, -0.2) is 0 Å². The van der Waals surface area contributed by atoms with Gasteiger partial charge >= 0.3 is 0 Å². The standard InChI is InChI=1S/C40H51ClN6O4/c1-5-38(48)47-14-8-32(9-15-47)44-37-23-31(21-34(28(37)4)39(49)42-24-35-26(2)20-27(3)43-40(35)50)29-6-7-30(36(41)22-29)25-45-12-10-33(11-13-45)46-16-18-51-19-17-46/h5-7,20-23,32-33,44H,1,8-19,24-25H2,2-4H3,(H,42,49)(H,43,50). The van der Waals surface area contributed by atoms with Gasteiger partial charge in [-0.3, -0.25) is 24.2 Å². The Morgan fingerprint density at radius 3 is 2.35 bits per heavy atom. The number of anilines is 1. The number of pyridine rings is 1. The molecule has 0 saturated carbocycles. The van der Waals surface area contributed by atoms with Gasteiger partial charge in [0.2, 0.25) is 5.91 Å². The molecule has 6 rings (SSSR count). The van der Waals surface area contributed by atoms with E-state index in [1.165, 1.54) is 6.08 Å². The average Bonchev–Trinajstić information content (AvgIpc) is 3.13. The molecule has 51 heavy (non-hydrogen) atoms. The van der Waals surface area contributed by atoms with Gasteiger partial charge in [-0.1, -0.05) is 30.3 Å². The Balaban J connectivity index is 1.21. The third-order valence-electron chi connectivity index (χ3n) is 10.8. The van der Waals surface area contributed by atoms with Crippen LogP contribution in [0.5, 0.6) is 0 Å². The number of aryl methyl sites for hydroxylation is 2. The Kier molecular flexibility index (Phi) is 12.0. The lowest BCUT2D eigenvalue weighted by molar-refractivity contribution is -0.126. The van der Waals surface area contributed by atoms with Crippen LogP contribution in [0.1, 0.15) is 64.0 Å². The lowest BCUT2D eigenvalue weighted by Crippen LogP contribution is -2.48. The number of likely N-dealkylation sites (tertiary alicyclic amines) is 2. The lowest BCUT2D eigenvalue weighted by atomic mass is 9.95. The number of benzene rings is 2. The fraction of sp³-hybridized carbons (Fsp3) is 0.475. The first-order valence-electron chi connectivity index (χ1n) is 18.2. The zero-order valence-corrected chi connectivity index (χ0v) is 30.9. The SMILES string of the molecule is C=CC(=O)N1CCC(Nc2cc(-c3ccc(CN4CCC(N5CCOCC5)CC4)c(Cl)c3)cc(C(=O)NCc3c(C)cc(C)[nH]c3=O)c2C)CC1. The van der Waals surface area contributed by atoms with Crippen LogP contribution in [0.3, 0.4) is 0 Å². The van der Waals surface area contributed by atoms with E-state index in [1.54, 1.807) is 0 Å². The van der Waals surface area contributed by atoms with Crippen LogP contribution in [0.4, 0.5) is 5.69 Å². The van der Waals surface area contributed by atoms with Crippen LogP contribution in [0.2, 0.25) is 5.02 Å². The van der Waals surface area contributed by atoms with Crippen LogP contribution in [-0.4, -0.2) is 96.1 Å². The molecule has 272 valence electrons. The number of H-pyrrole nitrogens is 1. The van der Waals surface area contributed by atoms with Crippen molar-refractivity contribution < 1.29 is 14.3 Å². The summed E-state index contributed by atoms with van der Waals surface area (Å²) < 4.78 is 5.55. The fourth-order valence-electron chi connectivity index (χ4n) is 7.71. The number of nitrogens with zero attached hydrogens (tertiary/aromatic N) is 3. The minimum atomic E-state index is -0.258. The molecule has 11 heteroatoms. The summed E-state index contributed by atoms with van der Waals surface area (Å²) in [6.45, 7) is 17.3. The Labute approximate surface area is 306 Å². The Morgan fingerprint density at radius 2 is 1.69 bits per heavy atom. The predicted octanol–water partition coefficient (Wildman–Crippen LogP) is 5.44. The number of ether oxygens (including phenoxy) is 1. The average molecular weight is 715 g/mol. The summed E-state index contributed by atoms with van der Waals surface area (Å²) in [6.07, 6.45) is 5.24. The van der Waals surface area contributed by atoms with E-state index in [-0.39, 0.29) is 30.0 Å². The molecule has 0 atom stereocenters. The lowest BCUT2D eigenvalue weighted by Gasteiger charge is -2.40. The summed E-state index contributed by atoms with van der Waals surface area (Å²) in [7, 11) is 0. The first-order chi connectivity index (χ1) is 24.6. The Bertz CT molecular complexity index is 1800. The number of carbonyl (C=O) groups excluding carboxylic acids is 2. The summed E-state index contributed by atoms with van der Waals surface area (Å²) in [6, 6.07) is 12.9. The second kappa shape index (κ2) is 16.6. The molecule has 2 aromatic carbocycles. The van der Waals surface area contributed by atoms with Crippen molar-refractivity contribution in [1.29, 1.82) is 0 Å². The van der Waals surface area contributed by atoms with Crippen LogP contribution in [-0.2, 0) is 22.6 Å². The summed E-state index contributed by atoms with van der Waals surface area (Å²) in [4.78, 5) is 48.4. The molecule has 3 aliphatic rings. The highest BCUT2D eigenvalue weighted by Crippen LogP contribution is 2.33. The van der Waals surface area contributed by atoms with Gasteiger partial charge in [-0.2, -0.15) is 0 Å². The fourth-order valence-corrected chi connectivity index (χ4v) is 7.95. The van der Waals surface area contributed by atoms with Crippen molar-refractivity contribution in [3.05, 3.63) is 97.9 Å². The summed E-state index contributed by atoms with van der Waals surface area (Å²) in [5.74, 6) is -0.308. The number of halogens is 1. The van der Waals surface area contributed by atoms with Crippen molar-refractivity contribution in [2.75, 3.05) is 57.8 Å². The van der Waals surface area contributed by atoms with Gasteiger partial charge in [0.15, 0.2) is 0 Å². The van der Waals surface area contributed by atoms with E-state index in [0.717, 1.165) is 111 Å². The third kappa shape index (κ3) is 8.92. The monoisotopic (exact) mass is 714 g/mol. The highest BCUT2D eigenvalue weighted by Gasteiger charge is 2.27. The maximum atomic E-state index is 13.8. The maximum absolute atomic E-state index is 13.8. The summed E-state index contributed by atoms with van der Waals surface area (Å²) >= 11 is 6.97. The highest BCUT2D eigenvalue weighted by molar-refractivity contribution is 6.31. The molecule has 0 aliphatic carbocycles. The van der Waals surface area contributed by atoms with E-state index in [9.17, 15) is 14.4 Å². The van der Waals surface area contributed by atoms with Crippen LogP contribution >= 0.6 is 11.6 Å². The molecule has 2 amide bonds. The van der Waals surface area contributed by atoms with Gasteiger partial charge in [0.25, 0.3) is 11.5 Å². The topological polar surface area (TPSA) is 110 Å². The zero-order chi connectivity index (χ0) is 36.1. The predicted molar refractivity (Wildman–Crippen MR) is 203 cm³/mol. The molecule has 0 bridgehead atoms. The van der Waals surface area contributed by atoms with Crippen molar-refractivity contribution in [2.45, 2.75) is 71.6 Å². The largest absolute Gasteiger partial charge is 0.382 e. The van der Waals surface area contributed by atoms with Crippen molar-refractivity contribution >= 4 is 29.1 Å². The maximum Gasteiger partial charge on any atom is 0.253 e. The number of morpholine rings is 1. The van der Waals surface area contributed by atoms with Crippen molar-refractivity contribution in [3.63, 3.8) is 0 Å². The molecule has 3 aromatic rings. The first-order valence-corrected chi connectivity index (χ1v) is 18.6. The number of hydrogen-bond acceptors (Lipinski definition) is 7. The molecule has 0 spiro atoms. The highest BCUT2D eigenvalue weighted by atomic mass is 35.5. The number of rotatable bonds is 10. The number of piperidine rings is 2. The second-order valence-corrected chi connectivity index (χ2v) is 14.6. The van der Waals surface area contributed by atoms with Gasteiger partial charge in [0, 0.05) is 78.9 Å². The van der Waals surface area contributed by atoms with E-state index < -0.39 is 0 Å². The summed E-state index contributed by atoms with van der Waals surface area (Å²) in [5, 5.41) is 7.39. The van der Waals surface area contributed by atoms with Gasteiger partial charge in [0.1, 0.15) is 0 Å². The normalized spacial score (nSPS) is 18.1. The molecule has 10 nitrogen and oxygen atoms in total. The van der Waals surface area contributed by atoms with Gasteiger partial charge in [0.05, 0.1) is 13.2 Å². The number of hydrogen-bond donors (Lipinski definition) is 3. The molecule has 0 radical (unpaired) electrons. The van der Waals surface area contributed by atoms with E-state index in [0.29, 0.717) is 35.3 Å². The van der Waals surface area contributed by atoms with E-state index in [4.69, 9.17) is 16.3 Å². The minimum absolute atomic E-state index is 0.0500. The van der Waals surface area contributed by atoms with Crippen LogP contribution in [0.25, 0.3) is 11.1 Å². The molecular weight excluding hydrogens is 664 g/mol. The smallest absolute Gasteiger partial charge is 0.253 e. The van der Waals surface area contributed by atoms with Crippen LogP contribution < -0.4 is 16.2 Å². The number of aromatic nitrogens is 1. The van der Waals surface area contributed by atoms with Gasteiger partial charge < -0.3 is 25.3 Å². The molecular formula is C40H51ClN6O4. The number of amides is 2. The van der Waals surface area contributed by atoms with E-state index in [2.05, 4.69) is 50.2 Å². The van der Waals surface area contributed by atoms with Crippen molar-refractivity contribution in [1.82, 2.24) is 25.0 Å². The molecule has 3 N–H and O–H groups in total. The third-order valence-corrected chi connectivity index (χ3v) is 11.2. The molecule has 0 unspecified atom stereocenters. The summed E-state index contributed by atoms with van der Waals surface area (Å²) in [5.41, 5.74) is 7.05. The molecule has 3 saturated heterocycles. The van der Waals surface area contributed by atoms with Crippen LogP contribution in [0.15, 0.2) is 53.8 Å². The second-order valence-electron chi connectivity index (χ2n) is 14.2. The van der Waals surface area contributed by atoms with Crippen LogP contribution in [0, 0.1) is 20.8 Å². The van der Waals surface area contributed by atoms with E-state index in [1.807, 2.05) is 43.9 Å². The van der Waals surface area contributed by atoms with Gasteiger partial charge in [-0.15, -0.1) is 0 Å². The van der Waals surface area contributed by atoms with Crippen molar-refractivity contribution in [3.8, 4) is 11.1 Å². The Morgan fingerprint density at radius 1 is 0.961 bits per heavy atom. The van der Waals surface area contributed by atoms with Gasteiger partial charge in [-0.05, 0) is 118 Å². The molecule has 3 fully saturated rings. The minimum Gasteiger partial charge on any atom is -0.382 e. The molecule has 3 aliphatic heterocycles. The number of nitrogens with one attached hydrogen (secondary N) is 3. The molecule has 4 heterocycles. The first kappa shape index (κ1) is 36.8.